The second-order valence-electron chi connectivity index (χ2n) is 2.87. The van der Waals surface area contributed by atoms with Gasteiger partial charge in [-0.1, -0.05) is 0 Å². The third-order valence-corrected chi connectivity index (χ3v) is 1.87. The Morgan fingerprint density at radius 1 is 1.57 bits per heavy atom. The molecule has 0 bridgehead atoms. The van der Waals surface area contributed by atoms with E-state index in [0.29, 0.717) is 13.0 Å². The van der Waals surface area contributed by atoms with Crippen LogP contribution in [0.1, 0.15) is 16.8 Å². The standard InChI is InChI=1S/C9H12N2O3/c1-10-8(12)3-5-11-4-2-7(6-11)9(13)14/h2,4,6H,3,5H2,1H3,(H,10,12)(H,13,14). The molecule has 1 heterocycles. The van der Waals surface area contributed by atoms with Crippen LogP contribution in [0.25, 0.3) is 0 Å². The summed E-state index contributed by atoms with van der Waals surface area (Å²) in [5.41, 5.74) is 0.238. The van der Waals surface area contributed by atoms with Crippen LogP contribution in [-0.2, 0) is 11.3 Å². The number of hydrogen-bond donors (Lipinski definition) is 2. The topological polar surface area (TPSA) is 71.3 Å². The smallest absolute Gasteiger partial charge is 0.337 e. The van der Waals surface area contributed by atoms with Crippen LogP contribution in [0.5, 0.6) is 0 Å². The summed E-state index contributed by atoms with van der Waals surface area (Å²) >= 11 is 0. The lowest BCUT2D eigenvalue weighted by Crippen LogP contribution is -2.19. The zero-order valence-electron chi connectivity index (χ0n) is 7.86. The molecule has 0 fully saturated rings. The first-order valence-corrected chi connectivity index (χ1v) is 4.23. The molecule has 0 unspecified atom stereocenters. The van der Waals surface area contributed by atoms with Gasteiger partial charge in [0, 0.05) is 32.4 Å². The number of aromatic nitrogens is 1. The lowest BCUT2D eigenvalue weighted by atomic mass is 10.3. The summed E-state index contributed by atoms with van der Waals surface area (Å²) in [7, 11) is 1.57. The van der Waals surface area contributed by atoms with E-state index in [1.807, 2.05) is 0 Å². The molecule has 0 saturated heterocycles. The van der Waals surface area contributed by atoms with Crippen LogP contribution in [-0.4, -0.2) is 28.6 Å². The van der Waals surface area contributed by atoms with Gasteiger partial charge in [0.15, 0.2) is 0 Å². The maximum Gasteiger partial charge on any atom is 0.337 e. The highest BCUT2D eigenvalue weighted by Gasteiger charge is 2.04. The Balaban J connectivity index is 2.52. The predicted molar refractivity (Wildman–Crippen MR) is 50.1 cm³/mol. The van der Waals surface area contributed by atoms with E-state index in [9.17, 15) is 9.59 Å². The van der Waals surface area contributed by atoms with Crippen molar-refractivity contribution >= 4 is 11.9 Å². The summed E-state index contributed by atoms with van der Waals surface area (Å²) in [5, 5.41) is 11.1. The van der Waals surface area contributed by atoms with Crippen molar-refractivity contribution in [3.63, 3.8) is 0 Å². The van der Waals surface area contributed by atoms with Crippen molar-refractivity contribution in [2.75, 3.05) is 7.05 Å². The average molecular weight is 196 g/mol. The van der Waals surface area contributed by atoms with Crippen LogP contribution in [0, 0.1) is 0 Å². The molecular formula is C9H12N2O3. The average Bonchev–Trinajstić information content (AvgIpc) is 2.62. The molecule has 5 nitrogen and oxygen atoms in total. The number of carbonyl (C=O) groups is 2. The Hall–Kier alpha value is -1.78. The van der Waals surface area contributed by atoms with Gasteiger partial charge in [-0.05, 0) is 6.07 Å². The summed E-state index contributed by atoms with van der Waals surface area (Å²) < 4.78 is 1.68. The summed E-state index contributed by atoms with van der Waals surface area (Å²) in [6, 6.07) is 1.51. The minimum Gasteiger partial charge on any atom is -0.478 e. The van der Waals surface area contributed by atoms with Gasteiger partial charge in [-0.2, -0.15) is 0 Å². The molecule has 0 atom stereocenters. The maximum absolute atomic E-state index is 10.9. The fourth-order valence-corrected chi connectivity index (χ4v) is 1.06. The zero-order valence-corrected chi connectivity index (χ0v) is 7.86. The Morgan fingerprint density at radius 3 is 2.79 bits per heavy atom. The fourth-order valence-electron chi connectivity index (χ4n) is 1.06. The van der Waals surface area contributed by atoms with Gasteiger partial charge in [0.05, 0.1) is 5.56 Å². The number of carboxylic acid groups (broad SMARTS) is 1. The first-order valence-electron chi connectivity index (χ1n) is 4.23. The number of nitrogens with zero attached hydrogens (tertiary/aromatic N) is 1. The Bertz CT molecular complexity index is 344. The number of aromatic carboxylic acids is 1. The molecule has 76 valence electrons. The van der Waals surface area contributed by atoms with Crippen LogP contribution in [0.4, 0.5) is 0 Å². The van der Waals surface area contributed by atoms with E-state index < -0.39 is 5.97 Å². The number of aryl methyl sites for hydroxylation is 1. The lowest BCUT2D eigenvalue weighted by Gasteiger charge is -2.00. The summed E-state index contributed by atoms with van der Waals surface area (Å²) in [6.07, 6.45) is 3.50. The normalized spacial score (nSPS) is 9.79. The van der Waals surface area contributed by atoms with Crippen molar-refractivity contribution in [1.82, 2.24) is 9.88 Å². The highest BCUT2D eigenvalue weighted by molar-refractivity contribution is 5.87. The minimum absolute atomic E-state index is 0.0597. The van der Waals surface area contributed by atoms with Crippen LogP contribution in [0.3, 0.4) is 0 Å². The maximum atomic E-state index is 10.9. The molecule has 5 heteroatoms. The Morgan fingerprint density at radius 2 is 2.29 bits per heavy atom. The number of hydrogen-bond acceptors (Lipinski definition) is 2. The highest BCUT2D eigenvalue weighted by Crippen LogP contribution is 2.01. The third-order valence-electron chi connectivity index (χ3n) is 1.87. The first kappa shape index (κ1) is 10.3. The predicted octanol–water partition coefficient (Wildman–Crippen LogP) is 0.322. The molecule has 1 aromatic heterocycles. The molecule has 0 aliphatic rings. The monoisotopic (exact) mass is 196 g/mol. The van der Waals surface area contributed by atoms with E-state index in [2.05, 4.69) is 5.32 Å². The number of carbonyl (C=O) groups excluding carboxylic acids is 1. The van der Waals surface area contributed by atoms with E-state index in [-0.39, 0.29) is 11.5 Å². The number of amides is 1. The van der Waals surface area contributed by atoms with Crippen molar-refractivity contribution in [3.8, 4) is 0 Å². The first-order chi connectivity index (χ1) is 6.63. The van der Waals surface area contributed by atoms with Crippen LogP contribution < -0.4 is 5.32 Å². The second-order valence-corrected chi connectivity index (χ2v) is 2.87. The molecule has 1 amide bonds. The molecule has 1 aromatic rings. The molecule has 0 radical (unpaired) electrons. The van der Waals surface area contributed by atoms with Gasteiger partial charge in [-0.25, -0.2) is 4.79 Å². The van der Waals surface area contributed by atoms with Crippen molar-refractivity contribution in [2.24, 2.45) is 0 Å². The third kappa shape index (κ3) is 2.62. The van der Waals surface area contributed by atoms with Gasteiger partial charge in [-0.3, -0.25) is 4.79 Å². The summed E-state index contributed by atoms with van der Waals surface area (Å²) in [6.45, 7) is 0.493. The Kier molecular flexibility index (Phi) is 3.28. The van der Waals surface area contributed by atoms with Gasteiger partial charge in [-0.15, -0.1) is 0 Å². The molecule has 0 aliphatic heterocycles. The van der Waals surface area contributed by atoms with Gasteiger partial charge in [0.25, 0.3) is 0 Å². The summed E-state index contributed by atoms with van der Waals surface area (Å²) in [4.78, 5) is 21.4. The lowest BCUT2D eigenvalue weighted by molar-refractivity contribution is -0.120. The molecule has 1 rings (SSSR count). The van der Waals surface area contributed by atoms with Gasteiger partial charge < -0.3 is 15.0 Å². The van der Waals surface area contributed by atoms with Crippen molar-refractivity contribution in [1.29, 1.82) is 0 Å². The number of carboxylic acids is 1. The van der Waals surface area contributed by atoms with E-state index in [1.165, 1.54) is 12.3 Å². The second kappa shape index (κ2) is 4.45. The van der Waals surface area contributed by atoms with E-state index >= 15 is 0 Å². The van der Waals surface area contributed by atoms with Gasteiger partial charge in [0.2, 0.25) is 5.91 Å². The zero-order chi connectivity index (χ0) is 10.6. The van der Waals surface area contributed by atoms with Crippen LogP contribution >= 0.6 is 0 Å². The molecule has 0 aromatic carbocycles. The molecule has 0 saturated carbocycles. The van der Waals surface area contributed by atoms with E-state index in [1.54, 1.807) is 17.8 Å². The minimum atomic E-state index is -0.955. The van der Waals surface area contributed by atoms with Crippen LogP contribution in [0.15, 0.2) is 18.5 Å². The summed E-state index contributed by atoms with van der Waals surface area (Å²) in [5.74, 6) is -1.01. The molecule has 14 heavy (non-hydrogen) atoms. The molecule has 2 N–H and O–H groups in total. The van der Waals surface area contributed by atoms with Gasteiger partial charge >= 0.3 is 5.97 Å². The fraction of sp³-hybridized carbons (Fsp3) is 0.333. The van der Waals surface area contributed by atoms with E-state index in [4.69, 9.17) is 5.11 Å². The van der Waals surface area contributed by atoms with Crippen molar-refractivity contribution in [3.05, 3.63) is 24.0 Å². The Labute approximate surface area is 81.3 Å². The van der Waals surface area contributed by atoms with Crippen molar-refractivity contribution < 1.29 is 14.7 Å². The van der Waals surface area contributed by atoms with E-state index in [0.717, 1.165) is 0 Å². The molecule has 0 aliphatic carbocycles. The van der Waals surface area contributed by atoms with Crippen LogP contribution in [0.2, 0.25) is 0 Å². The number of rotatable bonds is 4. The van der Waals surface area contributed by atoms with Crippen molar-refractivity contribution in [2.45, 2.75) is 13.0 Å². The molecular weight excluding hydrogens is 184 g/mol. The SMILES string of the molecule is CNC(=O)CCn1ccc(C(=O)O)c1. The quantitative estimate of drug-likeness (QED) is 0.728. The molecule has 0 spiro atoms. The number of nitrogens with one attached hydrogen (secondary N) is 1. The largest absolute Gasteiger partial charge is 0.478 e. The van der Waals surface area contributed by atoms with Gasteiger partial charge in [0.1, 0.15) is 0 Å². The highest BCUT2D eigenvalue weighted by atomic mass is 16.4.